The van der Waals surface area contributed by atoms with Crippen molar-refractivity contribution in [3.63, 3.8) is 0 Å². The third kappa shape index (κ3) is 20.6. The molecule has 0 aromatic heterocycles. The van der Waals surface area contributed by atoms with Gasteiger partial charge in [0, 0.05) is 77.5 Å². The summed E-state index contributed by atoms with van der Waals surface area (Å²) in [6, 6.07) is 8.02. The molecule has 0 saturated heterocycles. The maximum atomic E-state index is 13.1. The van der Waals surface area contributed by atoms with E-state index in [1.54, 1.807) is 0 Å². The number of hydrogen-bond donors (Lipinski definition) is 9. The van der Waals surface area contributed by atoms with Crippen LogP contribution in [0.15, 0.2) is 36.4 Å². The van der Waals surface area contributed by atoms with Gasteiger partial charge in [0.05, 0.1) is 58.3 Å². The number of carbonyl (C=O) groups excluding carboxylic acids is 2. The van der Waals surface area contributed by atoms with Crippen LogP contribution in [0.25, 0.3) is 0 Å². The first kappa shape index (κ1) is 54.1. The zero-order valence-electron chi connectivity index (χ0n) is 33.4. The Labute approximate surface area is 385 Å². The number of nitrogens with one attached hydrogen (secondary N) is 2. The second-order valence-corrected chi connectivity index (χ2v) is 13.0. The fourth-order valence-corrected chi connectivity index (χ4v) is 5.78. The van der Waals surface area contributed by atoms with Crippen LogP contribution in [-0.4, -0.2) is 203 Å². The van der Waals surface area contributed by atoms with Crippen molar-refractivity contribution in [1.82, 2.24) is 14.7 Å². The normalized spacial score (nSPS) is 10.7. The number of rotatable bonds is 30. The summed E-state index contributed by atoms with van der Waals surface area (Å²) < 4.78 is 10.5. The summed E-state index contributed by atoms with van der Waals surface area (Å²) in [5.41, 5.74) is 0.215. The molecular weight excluding hydrogens is 976 g/mol. The van der Waals surface area contributed by atoms with Gasteiger partial charge < -0.3 is 65.7 Å². The first-order valence-corrected chi connectivity index (χ1v) is 17.8. The number of ether oxygens (including phenoxy) is 2. The van der Waals surface area contributed by atoms with Gasteiger partial charge in [-0.25, -0.2) is 0 Å². The zero-order valence-corrected chi connectivity index (χ0v) is 35.6. The van der Waals surface area contributed by atoms with Gasteiger partial charge in [0.25, 0.3) is 0 Å². The summed E-state index contributed by atoms with van der Waals surface area (Å²) >= 11 is 0. The zero-order chi connectivity index (χ0) is 45.8. The van der Waals surface area contributed by atoms with Gasteiger partial charge in [-0.05, 0) is 36.4 Å². The largest absolute Gasteiger partial charge is 0.495 e. The SMILES string of the molecule is COc1ccc(NC(=O)CN(CCN(CCN(CC(=O)O)CC(=O)Nc2ccc(OC)c(N(CC(=O)O)CC(=O)O)c2)CC(=O)O)CC(=O)O)cc1N(CC(=O)O)CC(=O)O.[Gd]. The van der Waals surface area contributed by atoms with E-state index in [-0.39, 0.29) is 100 Å². The second-order valence-electron chi connectivity index (χ2n) is 13.0. The van der Waals surface area contributed by atoms with E-state index in [2.05, 4.69) is 10.6 Å². The quantitative estimate of drug-likeness (QED) is 0.0425. The predicted octanol–water partition coefficient (Wildman–Crippen LogP) is -1.61. The van der Waals surface area contributed by atoms with Gasteiger partial charge in [-0.2, -0.15) is 0 Å². The monoisotopic (exact) mass is 1020 g/mol. The van der Waals surface area contributed by atoms with Crippen LogP contribution in [0.4, 0.5) is 22.7 Å². The van der Waals surface area contributed by atoms with Gasteiger partial charge in [-0.15, -0.1) is 0 Å². The van der Waals surface area contributed by atoms with Crippen molar-refractivity contribution < 1.29 is 128 Å². The van der Waals surface area contributed by atoms with Crippen LogP contribution in [0, 0.1) is 39.9 Å². The van der Waals surface area contributed by atoms with E-state index in [4.69, 9.17) is 9.47 Å². The van der Waals surface area contributed by atoms with Gasteiger partial charge >= 0.3 is 41.8 Å². The Morgan fingerprint density at radius 1 is 0.435 bits per heavy atom. The number of aliphatic carboxylic acids is 7. The molecular formula is C36H47GdN7O18. The smallest absolute Gasteiger partial charge is 0.323 e. The van der Waals surface area contributed by atoms with Gasteiger partial charge in [0.15, 0.2) is 0 Å². The van der Waals surface area contributed by atoms with Crippen molar-refractivity contribution in [2.24, 2.45) is 0 Å². The first-order chi connectivity index (χ1) is 28.7. The number of carboxylic acid groups (broad SMARTS) is 7. The number of anilines is 4. The van der Waals surface area contributed by atoms with Crippen LogP contribution in [0.1, 0.15) is 0 Å². The molecule has 2 amide bonds. The number of amides is 2. The number of methoxy groups -OCH3 is 2. The Hall–Kier alpha value is -5.93. The molecule has 0 aliphatic rings. The minimum absolute atomic E-state index is 0. The fourth-order valence-electron chi connectivity index (χ4n) is 5.78. The molecule has 0 spiro atoms. The van der Waals surface area contributed by atoms with Crippen molar-refractivity contribution >= 4 is 76.3 Å². The van der Waals surface area contributed by atoms with E-state index in [1.165, 1.54) is 65.3 Å². The van der Waals surface area contributed by atoms with Gasteiger partial charge in [-0.1, -0.05) is 0 Å². The molecule has 2 aromatic carbocycles. The topological polar surface area (TPSA) is 354 Å². The second kappa shape index (κ2) is 27.1. The number of nitrogens with zero attached hydrogens (tertiary/aromatic N) is 5. The van der Waals surface area contributed by atoms with Crippen molar-refractivity contribution in [3.05, 3.63) is 36.4 Å². The minimum atomic E-state index is -1.34. The molecule has 342 valence electrons. The number of carboxylic acids is 7. The summed E-state index contributed by atoms with van der Waals surface area (Å²) in [5.74, 6) is -10.6. The van der Waals surface area contributed by atoms with Crippen LogP contribution in [0.2, 0.25) is 0 Å². The number of carbonyl (C=O) groups is 9. The van der Waals surface area contributed by atoms with Gasteiger partial charge in [-0.3, -0.25) is 57.9 Å². The Morgan fingerprint density at radius 2 is 0.710 bits per heavy atom. The molecule has 2 aromatic rings. The summed E-state index contributed by atoms with van der Waals surface area (Å²) in [6.45, 7) is -6.58. The van der Waals surface area contributed by atoms with Gasteiger partial charge in [0.2, 0.25) is 11.8 Å². The molecule has 0 aliphatic heterocycles. The summed E-state index contributed by atoms with van der Waals surface area (Å²) in [5, 5.41) is 70.9. The number of benzene rings is 2. The third-order valence-electron chi connectivity index (χ3n) is 8.19. The van der Waals surface area contributed by atoms with Crippen LogP contribution >= 0.6 is 0 Å². The average Bonchev–Trinajstić information content (AvgIpc) is 3.13. The third-order valence-corrected chi connectivity index (χ3v) is 8.19. The Kier molecular flexibility index (Phi) is 23.7. The first-order valence-electron chi connectivity index (χ1n) is 17.8. The summed E-state index contributed by atoms with van der Waals surface area (Å²) in [6.07, 6.45) is 0. The molecule has 62 heavy (non-hydrogen) atoms. The molecule has 25 nitrogen and oxygen atoms in total. The summed E-state index contributed by atoms with van der Waals surface area (Å²) in [4.78, 5) is 113. The maximum Gasteiger partial charge on any atom is 0.323 e. The molecule has 0 bridgehead atoms. The molecule has 0 fully saturated rings. The van der Waals surface area contributed by atoms with E-state index >= 15 is 0 Å². The average molecular weight is 1020 g/mol. The van der Waals surface area contributed by atoms with Crippen LogP contribution in [0.5, 0.6) is 11.5 Å². The van der Waals surface area contributed by atoms with Gasteiger partial charge in [0.1, 0.15) is 37.7 Å². The molecule has 0 aliphatic carbocycles. The molecule has 0 atom stereocenters. The maximum absolute atomic E-state index is 13.1. The van der Waals surface area contributed by atoms with E-state index in [0.29, 0.717) is 0 Å². The van der Waals surface area contributed by atoms with E-state index in [0.717, 1.165) is 9.80 Å². The Balaban J connectivity index is 0.0000192. The van der Waals surface area contributed by atoms with Crippen LogP contribution in [-0.2, 0) is 43.2 Å². The molecule has 9 N–H and O–H groups in total. The molecule has 2 rings (SSSR count). The van der Waals surface area contributed by atoms with E-state index in [1.807, 2.05) is 0 Å². The fraction of sp³-hybridized carbons (Fsp3) is 0.417. The Bertz CT molecular complexity index is 1780. The van der Waals surface area contributed by atoms with Crippen molar-refractivity contribution in [2.45, 2.75) is 0 Å². The van der Waals surface area contributed by atoms with E-state index in [9.17, 15) is 78.9 Å². The molecule has 0 radical (unpaired) electrons. The molecule has 26 heteroatoms. The van der Waals surface area contributed by atoms with Crippen molar-refractivity contribution in [2.75, 3.05) is 120 Å². The van der Waals surface area contributed by atoms with Crippen LogP contribution < -0.4 is 29.9 Å². The number of hydrogen-bond acceptors (Lipinski definition) is 16. The summed E-state index contributed by atoms with van der Waals surface area (Å²) in [7, 11) is 2.53. The molecule has 0 heterocycles. The molecule has 0 unspecified atom stereocenters. The van der Waals surface area contributed by atoms with E-state index < -0.39 is 113 Å². The molecule has 0 saturated carbocycles. The minimum Gasteiger partial charge on any atom is -0.495 e. The predicted molar refractivity (Wildman–Crippen MR) is 210 cm³/mol. The van der Waals surface area contributed by atoms with Crippen molar-refractivity contribution in [3.8, 4) is 11.5 Å². The van der Waals surface area contributed by atoms with Crippen molar-refractivity contribution in [1.29, 1.82) is 0 Å². The standard InChI is InChI=1S/C36H47N7O18.Gd/c1-60-26-5-3-22(11-24(26)42(18-33(52)53)19-34(54)55)37-28(44)13-40(16-31(48)49)9-7-39(15-30(46)47)8-10-41(17-32(50)51)14-29(45)38-23-4-6-27(61-2)25(12-23)43(20-35(56)57)21-36(58)59;/h3-6,11-12H,7-10,13-21H2,1-2H3,(H,37,44)(H,38,45)(H,46,47)(H,48,49)(H,50,51)(H,52,53)(H,54,55)(H,56,57)(H,58,59);. The van der Waals surface area contributed by atoms with Crippen LogP contribution in [0.3, 0.4) is 0 Å². The Morgan fingerprint density at radius 3 is 0.984 bits per heavy atom.